The average Bonchev–Trinajstić information content (AvgIpc) is 2.88. The van der Waals surface area contributed by atoms with Gasteiger partial charge < -0.3 is 15.5 Å². The molecule has 1 fully saturated rings. The summed E-state index contributed by atoms with van der Waals surface area (Å²) in [7, 11) is 0. The predicted octanol–water partition coefficient (Wildman–Crippen LogP) is 4.24. The topological polar surface area (TPSA) is 94.0 Å². The number of hydrogen-bond donors (Lipinski definition) is 3. The highest BCUT2D eigenvalue weighted by atomic mass is 16.1. The summed E-state index contributed by atoms with van der Waals surface area (Å²) in [6.07, 6.45) is 4.49. The Bertz CT molecular complexity index is 1090. The van der Waals surface area contributed by atoms with Crippen molar-refractivity contribution in [3.63, 3.8) is 0 Å². The van der Waals surface area contributed by atoms with Crippen molar-refractivity contribution in [2.45, 2.75) is 26.2 Å². The lowest BCUT2D eigenvalue weighted by atomic mass is 9.96. The number of carbonyl (C=O) groups excluding carboxylic acids is 1. The molecule has 1 aromatic carbocycles. The maximum atomic E-state index is 13.1. The summed E-state index contributed by atoms with van der Waals surface area (Å²) in [5.74, 6) is 1.52. The van der Waals surface area contributed by atoms with Gasteiger partial charge in [0, 0.05) is 50.1 Å². The molecule has 0 radical (unpaired) electrons. The Morgan fingerprint density at radius 2 is 1.82 bits per heavy atom. The van der Waals surface area contributed by atoms with Gasteiger partial charge in [0.15, 0.2) is 0 Å². The number of pyridine rings is 2. The summed E-state index contributed by atoms with van der Waals surface area (Å²) in [5, 5.41) is 14.3. The average molecular weight is 457 g/mol. The molecular weight excluding hydrogens is 424 g/mol. The van der Waals surface area contributed by atoms with Gasteiger partial charge in [-0.05, 0) is 49.9 Å². The van der Waals surface area contributed by atoms with Crippen molar-refractivity contribution in [2.75, 3.05) is 31.5 Å². The largest absolute Gasteiger partial charge is 0.369 e. The van der Waals surface area contributed by atoms with Crippen molar-refractivity contribution in [3.8, 4) is 11.3 Å². The highest BCUT2D eigenvalue weighted by Crippen LogP contribution is 2.22. The van der Waals surface area contributed by atoms with Crippen molar-refractivity contribution in [1.29, 1.82) is 5.41 Å². The van der Waals surface area contributed by atoms with Crippen LogP contribution in [-0.4, -0.2) is 52.8 Å². The highest BCUT2D eigenvalue weighted by molar-refractivity contribution is 5.99. The molecule has 176 valence electrons. The molecule has 7 nitrogen and oxygen atoms in total. The molecule has 1 amide bonds. The number of amidine groups is 1. The van der Waals surface area contributed by atoms with E-state index in [9.17, 15) is 4.79 Å². The molecular formula is C27H32N6O. The number of benzene rings is 1. The molecule has 3 aromatic rings. The summed E-state index contributed by atoms with van der Waals surface area (Å²) in [4.78, 5) is 24.4. The molecule has 0 atom stereocenters. The number of rotatable bonds is 8. The van der Waals surface area contributed by atoms with E-state index in [0.29, 0.717) is 36.2 Å². The van der Waals surface area contributed by atoms with Crippen LogP contribution in [0.5, 0.6) is 0 Å². The van der Waals surface area contributed by atoms with Gasteiger partial charge in [-0.2, -0.15) is 0 Å². The van der Waals surface area contributed by atoms with Crippen LogP contribution < -0.4 is 10.6 Å². The third-order valence-electron chi connectivity index (χ3n) is 6.25. The molecule has 3 N–H and O–H groups in total. The maximum Gasteiger partial charge on any atom is 0.255 e. The first kappa shape index (κ1) is 23.4. The van der Waals surface area contributed by atoms with Gasteiger partial charge >= 0.3 is 0 Å². The minimum atomic E-state index is -0.113. The van der Waals surface area contributed by atoms with Gasteiger partial charge in [-0.15, -0.1) is 0 Å². The van der Waals surface area contributed by atoms with E-state index in [1.165, 1.54) is 0 Å². The van der Waals surface area contributed by atoms with E-state index in [2.05, 4.69) is 20.5 Å². The smallest absolute Gasteiger partial charge is 0.255 e. The fraction of sp³-hybridized carbons (Fsp3) is 0.333. The van der Waals surface area contributed by atoms with Crippen LogP contribution in [0.4, 0.5) is 5.82 Å². The first-order chi connectivity index (χ1) is 16.6. The van der Waals surface area contributed by atoms with Gasteiger partial charge in [0.1, 0.15) is 5.82 Å². The van der Waals surface area contributed by atoms with E-state index in [0.717, 1.165) is 49.3 Å². The summed E-state index contributed by atoms with van der Waals surface area (Å²) < 4.78 is 0. The number of anilines is 1. The Labute approximate surface area is 201 Å². The lowest BCUT2D eigenvalue weighted by Gasteiger charge is -2.32. The lowest BCUT2D eigenvalue weighted by molar-refractivity contribution is 0.0941. The van der Waals surface area contributed by atoms with Gasteiger partial charge in [-0.3, -0.25) is 15.2 Å². The lowest BCUT2D eigenvalue weighted by Crippen LogP contribution is -2.40. The SMILES string of the molecule is CC(=N)N1CCC(CNC(=O)c2ccc(-c3ccccc3)nc2NCCc2ccccn2)CC1. The zero-order valence-electron chi connectivity index (χ0n) is 19.6. The van der Waals surface area contributed by atoms with Crippen molar-refractivity contribution in [2.24, 2.45) is 5.92 Å². The van der Waals surface area contributed by atoms with E-state index >= 15 is 0 Å². The molecule has 0 unspecified atom stereocenters. The molecule has 0 saturated carbocycles. The third-order valence-corrected chi connectivity index (χ3v) is 6.25. The van der Waals surface area contributed by atoms with Gasteiger partial charge in [0.05, 0.1) is 17.1 Å². The van der Waals surface area contributed by atoms with Crippen molar-refractivity contribution >= 4 is 17.6 Å². The van der Waals surface area contributed by atoms with Crippen LogP contribution in [0.15, 0.2) is 66.9 Å². The minimum absolute atomic E-state index is 0.113. The van der Waals surface area contributed by atoms with E-state index in [-0.39, 0.29) is 5.91 Å². The minimum Gasteiger partial charge on any atom is -0.369 e. The fourth-order valence-electron chi connectivity index (χ4n) is 4.21. The predicted molar refractivity (Wildman–Crippen MR) is 136 cm³/mol. The van der Waals surface area contributed by atoms with Gasteiger partial charge in [-0.1, -0.05) is 36.4 Å². The zero-order chi connectivity index (χ0) is 23.8. The molecule has 0 spiro atoms. The molecule has 4 rings (SSSR count). The maximum absolute atomic E-state index is 13.1. The Morgan fingerprint density at radius 1 is 1.06 bits per heavy atom. The van der Waals surface area contributed by atoms with Crippen LogP contribution in [0.25, 0.3) is 11.3 Å². The first-order valence-electron chi connectivity index (χ1n) is 11.9. The van der Waals surface area contributed by atoms with Crippen molar-refractivity contribution < 1.29 is 4.79 Å². The zero-order valence-corrected chi connectivity index (χ0v) is 19.6. The number of nitrogens with one attached hydrogen (secondary N) is 3. The van der Waals surface area contributed by atoms with E-state index in [4.69, 9.17) is 10.4 Å². The molecule has 1 saturated heterocycles. The summed E-state index contributed by atoms with van der Waals surface area (Å²) in [5.41, 5.74) is 3.38. The summed E-state index contributed by atoms with van der Waals surface area (Å²) in [6, 6.07) is 19.6. The Balaban J connectivity index is 1.44. The molecule has 1 aliphatic heterocycles. The quantitative estimate of drug-likeness (QED) is 0.348. The number of amides is 1. The third kappa shape index (κ3) is 6.19. The monoisotopic (exact) mass is 456 g/mol. The second-order valence-electron chi connectivity index (χ2n) is 8.68. The summed E-state index contributed by atoms with van der Waals surface area (Å²) in [6.45, 7) is 4.85. The van der Waals surface area contributed by atoms with Crippen LogP contribution in [0.1, 0.15) is 35.8 Å². The van der Waals surface area contributed by atoms with Crippen molar-refractivity contribution in [1.82, 2.24) is 20.2 Å². The van der Waals surface area contributed by atoms with E-state index in [1.807, 2.05) is 67.6 Å². The molecule has 34 heavy (non-hydrogen) atoms. The first-order valence-corrected chi connectivity index (χ1v) is 11.9. The van der Waals surface area contributed by atoms with Crippen LogP contribution in [0.2, 0.25) is 0 Å². The van der Waals surface area contributed by atoms with Crippen LogP contribution in [0, 0.1) is 11.3 Å². The van der Waals surface area contributed by atoms with Gasteiger partial charge in [-0.25, -0.2) is 4.98 Å². The summed E-state index contributed by atoms with van der Waals surface area (Å²) >= 11 is 0. The number of aromatic nitrogens is 2. The molecule has 3 heterocycles. The Hall–Kier alpha value is -3.74. The molecule has 7 heteroatoms. The highest BCUT2D eigenvalue weighted by Gasteiger charge is 2.21. The number of piperidine rings is 1. The van der Waals surface area contributed by atoms with Crippen LogP contribution in [0.3, 0.4) is 0 Å². The van der Waals surface area contributed by atoms with E-state index < -0.39 is 0 Å². The second kappa shape index (κ2) is 11.4. The normalized spacial score (nSPS) is 14.0. The standard InChI is InChI=1S/C27H32N6O/c1-20(28)33-17-13-21(14-18-33)19-31-27(34)24-10-11-25(22-7-3-2-4-8-22)32-26(24)30-16-12-23-9-5-6-15-29-23/h2-11,15,21,28H,12-14,16-19H2,1H3,(H,30,32)(H,31,34). The number of likely N-dealkylation sites (tertiary alicyclic amines) is 1. The molecule has 1 aliphatic rings. The van der Waals surface area contributed by atoms with Crippen molar-refractivity contribution in [3.05, 3.63) is 78.1 Å². The Kier molecular flexibility index (Phi) is 7.86. The fourth-order valence-corrected chi connectivity index (χ4v) is 4.21. The second-order valence-corrected chi connectivity index (χ2v) is 8.68. The number of carbonyl (C=O) groups is 1. The van der Waals surface area contributed by atoms with Gasteiger partial charge in [0.25, 0.3) is 5.91 Å². The van der Waals surface area contributed by atoms with E-state index in [1.54, 1.807) is 6.20 Å². The molecule has 0 bridgehead atoms. The number of hydrogen-bond acceptors (Lipinski definition) is 5. The van der Waals surface area contributed by atoms with Crippen LogP contribution >= 0.6 is 0 Å². The van der Waals surface area contributed by atoms with Crippen LogP contribution in [-0.2, 0) is 6.42 Å². The molecule has 2 aromatic heterocycles. The Morgan fingerprint density at radius 3 is 2.53 bits per heavy atom. The van der Waals surface area contributed by atoms with Gasteiger partial charge in [0.2, 0.25) is 0 Å². The number of nitrogens with zero attached hydrogens (tertiary/aromatic N) is 3. The molecule has 0 aliphatic carbocycles.